The molecular weight excluding hydrogens is 190 g/mol. The van der Waals surface area contributed by atoms with Gasteiger partial charge in [0.25, 0.3) is 0 Å². The van der Waals surface area contributed by atoms with E-state index in [0.717, 1.165) is 17.0 Å². The van der Waals surface area contributed by atoms with Gasteiger partial charge in [-0.15, -0.1) is 0 Å². The molecule has 0 spiro atoms. The fraction of sp³-hybridized carbons (Fsp3) is 0.300. The summed E-state index contributed by atoms with van der Waals surface area (Å²) in [4.78, 5) is 13.0. The number of hydrogen-bond acceptors (Lipinski definition) is 4. The van der Waals surface area contributed by atoms with Crippen LogP contribution in [0.5, 0.6) is 0 Å². The summed E-state index contributed by atoms with van der Waals surface area (Å²) in [5.74, 6) is 1.45. The largest absolute Gasteiger partial charge is 0.371 e. The lowest BCUT2D eigenvalue weighted by Crippen LogP contribution is -1.99. The van der Waals surface area contributed by atoms with Gasteiger partial charge in [-0.1, -0.05) is 6.08 Å². The van der Waals surface area contributed by atoms with Crippen LogP contribution in [0.15, 0.2) is 12.4 Å². The monoisotopic (exact) mass is 203 g/mol. The zero-order chi connectivity index (χ0) is 10.8. The molecule has 15 heavy (non-hydrogen) atoms. The van der Waals surface area contributed by atoms with Crippen molar-refractivity contribution >= 4 is 23.1 Å². The van der Waals surface area contributed by atoms with Crippen molar-refractivity contribution in [2.24, 2.45) is 7.05 Å². The standard InChI is InChI=1S/C10H13N5/c1-4-5-7-13-9(11-2)8-10(14-7)15(3)6-12-8/h4-6H,1-3H3,(H,11,13,14)/b5-4-. The van der Waals surface area contributed by atoms with Gasteiger partial charge >= 0.3 is 0 Å². The molecule has 78 valence electrons. The maximum Gasteiger partial charge on any atom is 0.165 e. The summed E-state index contributed by atoms with van der Waals surface area (Å²) in [5.41, 5.74) is 1.63. The predicted molar refractivity (Wildman–Crippen MR) is 60.6 cm³/mol. The molecule has 0 saturated carbocycles. The number of fused-ring (bicyclic) bond motifs is 1. The fourth-order valence-electron chi connectivity index (χ4n) is 1.42. The zero-order valence-corrected chi connectivity index (χ0v) is 9.02. The molecule has 0 atom stereocenters. The minimum Gasteiger partial charge on any atom is -0.371 e. The number of allylic oxidation sites excluding steroid dienone is 1. The van der Waals surface area contributed by atoms with Crippen LogP contribution >= 0.6 is 0 Å². The number of aromatic nitrogens is 4. The lowest BCUT2D eigenvalue weighted by molar-refractivity contribution is 0.926. The van der Waals surface area contributed by atoms with E-state index in [0.29, 0.717) is 5.82 Å². The summed E-state index contributed by atoms with van der Waals surface area (Å²) >= 11 is 0. The van der Waals surface area contributed by atoms with Crippen LogP contribution in [0.25, 0.3) is 17.2 Å². The maximum atomic E-state index is 4.40. The normalized spacial score (nSPS) is 11.4. The first-order valence-electron chi connectivity index (χ1n) is 4.75. The molecular formula is C10H13N5. The van der Waals surface area contributed by atoms with Crippen LogP contribution in [0.4, 0.5) is 5.82 Å². The summed E-state index contributed by atoms with van der Waals surface area (Å²) in [5, 5.41) is 3.02. The number of nitrogens with one attached hydrogen (secondary N) is 1. The molecule has 0 amide bonds. The van der Waals surface area contributed by atoms with Gasteiger partial charge in [-0.3, -0.25) is 0 Å². The van der Waals surface area contributed by atoms with Gasteiger partial charge in [-0.25, -0.2) is 15.0 Å². The smallest absolute Gasteiger partial charge is 0.165 e. The van der Waals surface area contributed by atoms with Crippen molar-refractivity contribution < 1.29 is 0 Å². The molecule has 5 nitrogen and oxygen atoms in total. The van der Waals surface area contributed by atoms with Crippen molar-refractivity contribution in [2.45, 2.75) is 6.92 Å². The van der Waals surface area contributed by atoms with Gasteiger partial charge in [0.15, 0.2) is 17.3 Å². The molecule has 2 aromatic rings. The Labute approximate surface area is 87.9 Å². The zero-order valence-electron chi connectivity index (χ0n) is 9.02. The molecule has 0 saturated heterocycles. The van der Waals surface area contributed by atoms with Crippen molar-refractivity contribution in [3.8, 4) is 0 Å². The van der Waals surface area contributed by atoms with Gasteiger partial charge in [0.2, 0.25) is 0 Å². The van der Waals surface area contributed by atoms with E-state index in [-0.39, 0.29) is 0 Å². The number of imidazole rings is 1. The van der Waals surface area contributed by atoms with Crippen LogP contribution in [0.3, 0.4) is 0 Å². The minimum absolute atomic E-state index is 0.693. The Morgan fingerprint density at radius 3 is 2.87 bits per heavy atom. The van der Waals surface area contributed by atoms with Crippen molar-refractivity contribution in [1.82, 2.24) is 19.5 Å². The van der Waals surface area contributed by atoms with E-state index in [9.17, 15) is 0 Å². The number of hydrogen-bond donors (Lipinski definition) is 1. The first-order chi connectivity index (χ1) is 7.26. The van der Waals surface area contributed by atoms with Gasteiger partial charge < -0.3 is 9.88 Å². The van der Waals surface area contributed by atoms with Gasteiger partial charge in [0, 0.05) is 14.1 Å². The van der Waals surface area contributed by atoms with Gasteiger partial charge in [0.1, 0.15) is 5.52 Å². The molecule has 0 bridgehead atoms. The summed E-state index contributed by atoms with van der Waals surface area (Å²) in [7, 11) is 3.75. The first kappa shape index (κ1) is 9.64. The van der Waals surface area contributed by atoms with E-state index >= 15 is 0 Å². The van der Waals surface area contributed by atoms with Crippen LogP contribution in [0.2, 0.25) is 0 Å². The van der Waals surface area contributed by atoms with E-state index in [4.69, 9.17) is 0 Å². The summed E-state index contributed by atoms with van der Waals surface area (Å²) in [6.45, 7) is 1.94. The average Bonchev–Trinajstić information content (AvgIpc) is 2.60. The highest BCUT2D eigenvalue weighted by molar-refractivity contribution is 5.83. The van der Waals surface area contributed by atoms with Crippen molar-refractivity contribution in [2.75, 3.05) is 12.4 Å². The SMILES string of the molecule is C/C=C\c1nc(NC)c2ncn(C)c2n1. The molecule has 0 aliphatic rings. The maximum absolute atomic E-state index is 4.40. The van der Waals surface area contributed by atoms with Gasteiger partial charge in [-0.05, 0) is 13.0 Å². The number of nitrogens with zero attached hydrogens (tertiary/aromatic N) is 4. The molecule has 2 aromatic heterocycles. The highest BCUT2D eigenvalue weighted by Gasteiger charge is 2.08. The third-order valence-corrected chi connectivity index (χ3v) is 2.13. The lowest BCUT2D eigenvalue weighted by atomic mass is 10.4. The Kier molecular flexibility index (Phi) is 2.37. The molecule has 0 aliphatic heterocycles. The summed E-state index contributed by atoms with van der Waals surface area (Å²) in [6, 6.07) is 0. The second-order valence-corrected chi connectivity index (χ2v) is 3.21. The minimum atomic E-state index is 0.693. The third kappa shape index (κ3) is 1.56. The topological polar surface area (TPSA) is 55.6 Å². The quantitative estimate of drug-likeness (QED) is 0.802. The Bertz CT molecular complexity index is 512. The average molecular weight is 203 g/mol. The number of aryl methyl sites for hydroxylation is 1. The van der Waals surface area contributed by atoms with Crippen LogP contribution in [0, 0.1) is 0 Å². The molecule has 0 aromatic carbocycles. The van der Waals surface area contributed by atoms with Crippen molar-refractivity contribution in [1.29, 1.82) is 0 Å². The van der Waals surface area contributed by atoms with Crippen LogP contribution in [-0.4, -0.2) is 26.6 Å². The van der Waals surface area contributed by atoms with E-state index in [1.54, 1.807) is 6.33 Å². The summed E-state index contributed by atoms with van der Waals surface area (Å²) < 4.78 is 1.88. The highest BCUT2D eigenvalue weighted by Crippen LogP contribution is 2.17. The molecule has 2 rings (SSSR count). The molecule has 0 radical (unpaired) electrons. The van der Waals surface area contributed by atoms with Crippen molar-refractivity contribution in [3.63, 3.8) is 0 Å². The molecule has 0 fully saturated rings. The molecule has 0 aliphatic carbocycles. The Hall–Kier alpha value is -1.91. The van der Waals surface area contributed by atoms with Gasteiger partial charge in [-0.2, -0.15) is 0 Å². The van der Waals surface area contributed by atoms with Gasteiger partial charge in [0.05, 0.1) is 6.33 Å². The third-order valence-electron chi connectivity index (χ3n) is 2.13. The molecule has 0 unspecified atom stereocenters. The fourth-order valence-corrected chi connectivity index (χ4v) is 1.42. The van der Waals surface area contributed by atoms with Crippen LogP contribution < -0.4 is 5.32 Å². The van der Waals surface area contributed by atoms with Crippen molar-refractivity contribution in [3.05, 3.63) is 18.2 Å². The van der Waals surface area contributed by atoms with Crippen LogP contribution in [-0.2, 0) is 7.05 Å². The molecule has 5 heteroatoms. The second-order valence-electron chi connectivity index (χ2n) is 3.21. The Balaban J connectivity index is 2.73. The first-order valence-corrected chi connectivity index (χ1v) is 4.75. The second kappa shape index (κ2) is 3.68. The number of rotatable bonds is 2. The van der Waals surface area contributed by atoms with E-state index in [1.165, 1.54) is 0 Å². The highest BCUT2D eigenvalue weighted by atomic mass is 15.1. The van der Waals surface area contributed by atoms with E-state index in [2.05, 4.69) is 20.3 Å². The summed E-state index contributed by atoms with van der Waals surface area (Å²) in [6.07, 6.45) is 5.52. The molecule has 1 N–H and O–H groups in total. The number of anilines is 1. The Morgan fingerprint density at radius 2 is 2.20 bits per heavy atom. The lowest BCUT2D eigenvalue weighted by Gasteiger charge is -2.02. The predicted octanol–water partition coefficient (Wildman–Crippen LogP) is 1.44. The van der Waals surface area contributed by atoms with E-state index < -0.39 is 0 Å². The van der Waals surface area contributed by atoms with Crippen LogP contribution in [0.1, 0.15) is 12.7 Å². The molecule has 2 heterocycles. The Morgan fingerprint density at radius 1 is 1.40 bits per heavy atom. The van der Waals surface area contributed by atoms with E-state index in [1.807, 2.05) is 37.7 Å².